The van der Waals surface area contributed by atoms with Crippen molar-refractivity contribution in [2.24, 2.45) is 0 Å². The van der Waals surface area contributed by atoms with Crippen LogP contribution in [0.2, 0.25) is 0 Å². The fourth-order valence-electron chi connectivity index (χ4n) is 0.240. The van der Waals surface area contributed by atoms with E-state index >= 15 is 0 Å². The van der Waals surface area contributed by atoms with Gasteiger partial charge in [-0.1, -0.05) is 32.6 Å². The molecule has 0 atom stereocenters. The summed E-state index contributed by atoms with van der Waals surface area (Å²) in [5, 5.41) is 9.83. The van der Waals surface area contributed by atoms with Crippen molar-refractivity contribution in [3.63, 3.8) is 0 Å². The van der Waals surface area contributed by atoms with E-state index in [1.165, 1.54) is 18.2 Å². The van der Waals surface area contributed by atoms with Crippen molar-refractivity contribution in [1.82, 2.24) is 0 Å². The van der Waals surface area contributed by atoms with Gasteiger partial charge in [0, 0.05) is 6.08 Å². The minimum absolute atomic E-state index is 0.130. The molecule has 0 fully saturated rings. The SMILES string of the molecule is C=C/C=C\C(=C)[N+](=O)[O-].CC. The molecule has 0 radical (unpaired) electrons. The molecule has 62 valence electrons. The van der Waals surface area contributed by atoms with Crippen LogP contribution in [-0.2, 0) is 0 Å². The third-order valence-corrected chi connectivity index (χ3v) is 0.659. The van der Waals surface area contributed by atoms with Crippen LogP contribution >= 0.6 is 0 Å². The third-order valence-electron chi connectivity index (χ3n) is 0.659. The summed E-state index contributed by atoms with van der Waals surface area (Å²) in [5.41, 5.74) is -0.130. The molecule has 0 aromatic carbocycles. The molecule has 0 heterocycles. The Morgan fingerprint density at radius 2 is 2.00 bits per heavy atom. The molecule has 0 aliphatic heterocycles. The van der Waals surface area contributed by atoms with E-state index in [4.69, 9.17) is 0 Å². The van der Waals surface area contributed by atoms with Crippen LogP contribution in [-0.4, -0.2) is 4.92 Å². The summed E-state index contributed by atoms with van der Waals surface area (Å²) in [5.74, 6) is 0. The van der Waals surface area contributed by atoms with Gasteiger partial charge in [-0.25, -0.2) is 0 Å². The molecule has 0 unspecified atom stereocenters. The first-order valence-electron chi connectivity index (χ1n) is 3.31. The van der Waals surface area contributed by atoms with Gasteiger partial charge in [0.05, 0.1) is 4.92 Å². The average Bonchev–Trinajstić information content (AvgIpc) is 2.03. The maximum Gasteiger partial charge on any atom is 0.262 e. The van der Waals surface area contributed by atoms with Crippen LogP contribution in [0.4, 0.5) is 0 Å². The van der Waals surface area contributed by atoms with Crippen LogP contribution in [0.25, 0.3) is 0 Å². The van der Waals surface area contributed by atoms with Crippen molar-refractivity contribution in [1.29, 1.82) is 0 Å². The zero-order valence-corrected chi connectivity index (χ0v) is 6.91. The highest BCUT2D eigenvalue weighted by Gasteiger charge is 1.96. The zero-order chi connectivity index (χ0) is 9.28. The number of nitrogens with zero attached hydrogens (tertiary/aromatic N) is 1. The Bertz CT molecular complexity index is 171. The Labute approximate surface area is 66.9 Å². The van der Waals surface area contributed by atoms with Crippen LogP contribution in [0, 0.1) is 10.1 Å². The highest BCUT2D eigenvalue weighted by Crippen LogP contribution is 1.91. The van der Waals surface area contributed by atoms with Gasteiger partial charge in [0.1, 0.15) is 0 Å². The maximum atomic E-state index is 9.83. The highest BCUT2D eigenvalue weighted by atomic mass is 16.6. The number of nitro groups is 1. The number of rotatable bonds is 3. The van der Waals surface area contributed by atoms with Crippen LogP contribution in [0.5, 0.6) is 0 Å². The molecule has 3 heteroatoms. The van der Waals surface area contributed by atoms with Gasteiger partial charge in [0.2, 0.25) is 0 Å². The Morgan fingerprint density at radius 3 is 2.27 bits per heavy atom. The molecule has 0 aromatic rings. The van der Waals surface area contributed by atoms with Gasteiger partial charge in [-0.05, 0) is 6.58 Å². The van der Waals surface area contributed by atoms with Crippen LogP contribution in [0.15, 0.2) is 37.1 Å². The molecule has 0 saturated carbocycles. The van der Waals surface area contributed by atoms with Gasteiger partial charge < -0.3 is 0 Å². The summed E-state index contributed by atoms with van der Waals surface area (Å²) < 4.78 is 0. The normalized spacial score (nSPS) is 8.18. The number of allylic oxidation sites excluding steroid dienone is 3. The molecule has 0 aliphatic rings. The lowest BCUT2D eigenvalue weighted by atomic mass is 10.4. The largest absolute Gasteiger partial charge is 0.262 e. The smallest absolute Gasteiger partial charge is 0.258 e. The molecule has 0 N–H and O–H groups in total. The minimum Gasteiger partial charge on any atom is -0.258 e. The van der Waals surface area contributed by atoms with Gasteiger partial charge in [-0.2, -0.15) is 0 Å². The van der Waals surface area contributed by atoms with Gasteiger partial charge >= 0.3 is 0 Å². The molecule has 0 amide bonds. The summed E-state index contributed by atoms with van der Waals surface area (Å²) in [6.07, 6.45) is 4.20. The zero-order valence-electron chi connectivity index (χ0n) is 6.91. The van der Waals surface area contributed by atoms with Gasteiger partial charge in [0.15, 0.2) is 0 Å². The fraction of sp³-hybridized carbons (Fsp3) is 0.250. The second-order valence-electron chi connectivity index (χ2n) is 1.34. The predicted molar refractivity (Wildman–Crippen MR) is 46.8 cm³/mol. The molecule has 0 spiro atoms. The molecular formula is C8H13NO2. The fourth-order valence-corrected chi connectivity index (χ4v) is 0.240. The molecule has 0 aliphatic carbocycles. The molecule has 11 heavy (non-hydrogen) atoms. The number of hydrogen-bond acceptors (Lipinski definition) is 2. The second kappa shape index (κ2) is 8.62. The average molecular weight is 155 g/mol. The van der Waals surface area contributed by atoms with Gasteiger partial charge in [0.25, 0.3) is 5.70 Å². The van der Waals surface area contributed by atoms with Crippen molar-refractivity contribution in [2.75, 3.05) is 0 Å². The monoisotopic (exact) mass is 155 g/mol. The van der Waals surface area contributed by atoms with E-state index in [0.29, 0.717) is 0 Å². The molecule has 0 rings (SSSR count). The maximum absolute atomic E-state index is 9.83. The van der Waals surface area contributed by atoms with Crippen molar-refractivity contribution in [2.45, 2.75) is 13.8 Å². The Morgan fingerprint density at radius 1 is 1.55 bits per heavy atom. The van der Waals surface area contributed by atoms with Crippen LogP contribution < -0.4 is 0 Å². The topological polar surface area (TPSA) is 43.1 Å². The van der Waals surface area contributed by atoms with Crippen LogP contribution in [0.1, 0.15) is 13.8 Å². The standard InChI is InChI=1S/C6H7NO2.C2H6/c1-3-4-5-6(2)7(8)9;1-2/h3-5H,1-2H2;1-2H3/b5-4-;. The van der Waals surface area contributed by atoms with Gasteiger partial charge in [-0.15, -0.1) is 0 Å². The Hall–Kier alpha value is -1.38. The summed E-state index contributed by atoms with van der Waals surface area (Å²) in [4.78, 5) is 9.27. The second-order valence-corrected chi connectivity index (χ2v) is 1.34. The Balaban J connectivity index is 0. The quantitative estimate of drug-likeness (QED) is 0.357. The molecule has 3 nitrogen and oxygen atoms in total. The van der Waals surface area contributed by atoms with Crippen molar-refractivity contribution >= 4 is 0 Å². The van der Waals surface area contributed by atoms with Crippen molar-refractivity contribution in [3.8, 4) is 0 Å². The van der Waals surface area contributed by atoms with Crippen LogP contribution in [0.3, 0.4) is 0 Å². The molecule has 0 aromatic heterocycles. The first kappa shape index (κ1) is 12.3. The van der Waals surface area contributed by atoms with E-state index in [1.54, 1.807) is 0 Å². The lowest BCUT2D eigenvalue weighted by Gasteiger charge is -1.82. The molecule has 0 bridgehead atoms. The lowest BCUT2D eigenvalue weighted by Crippen LogP contribution is -1.91. The van der Waals surface area contributed by atoms with E-state index < -0.39 is 4.92 Å². The van der Waals surface area contributed by atoms with E-state index in [9.17, 15) is 10.1 Å². The number of hydrogen-bond donors (Lipinski definition) is 0. The summed E-state index contributed by atoms with van der Waals surface area (Å²) in [6.45, 7) is 10.5. The molecular weight excluding hydrogens is 142 g/mol. The van der Waals surface area contributed by atoms with E-state index in [2.05, 4.69) is 13.2 Å². The summed E-state index contributed by atoms with van der Waals surface area (Å²) >= 11 is 0. The van der Waals surface area contributed by atoms with E-state index in [0.717, 1.165) is 0 Å². The predicted octanol–water partition coefficient (Wildman–Crippen LogP) is 2.55. The minimum atomic E-state index is -0.556. The first-order valence-corrected chi connectivity index (χ1v) is 3.31. The molecule has 0 saturated heterocycles. The third kappa shape index (κ3) is 8.62. The van der Waals surface area contributed by atoms with Crippen molar-refractivity contribution < 1.29 is 4.92 Å². The van der Waals surface area contributed by atoms with E-state index in [-0.39, 0.29) is 5.70 Å². The summed E-state index contributed by atoms with van der Waals surface area (Å²) in [6, 6.07) is 0. The Kier molecular flexibility index (Phi) is 9.65. The van der Waals surface area contributed by atoms with Gasteiger partial charge in [-0.3, -0.25) is 10.1 Å². The first-order chi connectivity index (χ1) is 5.18. The summed E-state index contributed by atoms with van der Waals surface area (Å²) in [7, 11) is 0. The van der Waals surface area contributed by atoms with E-state index in [1.807, 2.05) is 13.8 Å². The highest BCUT2D eigenvalue weighted by molar-refractivity contribution is 5.11. The van der Waals surface area contributed by atoms with Crippen molar-refractivity contribution in [3.05, 3.63) is 47.2 Å². The lowest BCUT2D eigenvalue weighted by molar-refractivity contribution is -0.418.